The number of amides is 5. The first-order valence-corrected chi connectivity index (χ1v) is 24.4. The molecule has 1 aromatic rings. The molecule has 11 atom stereocenters. The van der Waals surface area contributed by atoms with Crippen molar-refractivity contribution in [3.05, 3.63) is 41.5 Å². The van der Waals surface area contributed by atoms with Crippen molar-refractivity contribution < 1.29 is 33.8 Å². The van der Waals surface area contributed by atoms with E-state index < -0.39 is 42.1 Å². The van der Waals surface area contributed by atoms with Crippen LogP contribution >= 0.6 is 0 Å². The van der Waals surface area contributed by atoms with Gasteiger partial charge in [-0.1, -0.05) is 97.9 Å². The third kappa shape index (κ3) is 13.0. The van der Waals surface area contributed by atoms with Crippen LogP contribution in [0.4, 0.5) is 5.69 Å². The molecule has 0 saturated heterocycles. The van der Waals surface area contributed by atoms with Gasteiger partial charge in [-0.2, -0.15) is 0 Å². The highest BCUT2D eigenvalue weighted by Gasteiger charge is 2.59. The van der Waals surface area contributed by atoms with Gasteiger partial charge in [-0.15, -0.1) is 0 Å². The Balaban J connectivity index is 1.02. The Bertz CT molecular complexity index is 1750. The number of rotatable bonds is 23. The molecule has 0 unspecified atom stereocenters. The van der Waals surface area contributed by atoms with Crippen LogP contribution in [0.15, 0.2) is 35.9 Å². The lowest BCUT2D eigenvalue weighted by atomic mass is 9.47. The number of fused-ring (bicyclic) bond motifs is 5. The van der Waals surface area contributed by atoms with Gasteiger partial charge in [-0.3, -0.25) is 24.0 Å². The second-order valence-electron chi connectivity index (χ2n) is 20.7. The molecule has 0 bridgehead atoms. The van der Waals surface area contributed by atoms with Gasteiger partial charge in [0.05, 0.1) is 19.1 Å². The van der Waals surface area contributed by atoms with Crippen LogP contribution in [0, 0.1) is 52.3 Å². The van der Waals surface area contributed by atoms with E-state index in [0.29, 0.717) is 42.7 Å². The highest BCUT2D eigenvalue weighted by molar-refractivity contribution is 6.00. The molecule has 4 aliphatic rings. The third-order valence-corrected chi connectivity index (χ3v) is 16.1. The van der Waals surface area contributed by atoms with Crippen molar-refractivity contribution in [2.24, 2.45) is 58.0 Å². The molecule has 352 valence electrons. The molecular formula is C51H81N5O7. The molecule has 7 N–H and O–H groups in total. The van der Waals surface area contributed by atoms with Crippen molar-refractivity contribution in [2.45, 2.75) is 176 Å². The summed E-state index contributed by atoms with van der Waals surface area (Å²) in [6.45, 7) is 17.0. The monoisotopic (exact) mass is 876 g/mol. The minimum absolute atomic E-state index is 0.0428. The highest BCUT2D eigenvalue weighted by Crippen LogP contribution is 2.67. The van der Waals surface area contributed by atoms with Gasteiger partial charge in [0.25, 0.3) is 0 Å². The standard InChI is InChI=1S/C51H81N5O7/c1-8-33(4)47(49(62)55-43(30-44(52)58)48(61)54-37-16-13-35(31-57)14-17-37)56-46(60)22-21-45(59)53-27-10-28-63-38-23-25-50(6)36(29-38)15-18-39-41-20-19-40(34(5)12-9-11-32(2)3)51(41,7)26-24-42(39)50/h13-17,32-34,38-43,47,57H,8-12,18-31H2,1-7H3,(H2,52,58)(H,53,59)(H,54,61)(H,55,62)(H,56,60)/t33-,34+,38-,39-,40+,41-,42-,43-,47-,50-,51+/m0/s1. The lowest BCUT2D eigenvalue weighted by molar-refractivity contribution is -0.133. The molecule has 0 radical (unpaired) electrons. The highest BCUT2D eigenvalue weighted by atomic mass is 16.5. The SMILES string of the molecule is CC[C@H](C)[C@H](NC(=O)CCC(=O)NCCCO[C@H]1CC[C@@]2(C)C(=CC[C@H]3[C@@H]4CC[C@H]([C@H](C)CCCC(C)C)[C@@]4(C)CC[C@@H]32)C1)C(=O)N[C@@H](CC(N)=O)C(=O)Nc1ccc(CO)cc1. The molecule has 63 heavy (non-hydrogen) atoms. The van der Waals surface area contributed by atoms with Crippen molar-refractivity contribution in [1.29, 1.82) is 0 Å². The average molecular weight is 876 g/mol. The van der Waals surface area contributed by atoms with Crippen LogP contribution in [0.5, 0.6) is 0 Å². The molecule has 3 saturated carbocycles. The van der Waals surface area contributed by atoms with Gasteiger partial charge in [0, 0.05) is 31.7 Å². The Morgan fingerprint density at radius 3 is 2.29 bits per heavy atom. The number of carbonyl (C=O) groups excluding carboxylic acids is 5. The van der Waals surface area contributed by atoms with Gasteiger partial charge in [-0.05, 0) is 128 Å². The first kappa shape index (κ1) is 50.2. The fourth-order valence-electron chi connectivity index (χ4n) is 12.2. The third-order valence-electron chi connectivity index (χ3n) is 16.1. The number of nitrogens with one attached hydrogen (secondary N) is 4. The average Bonchev–Trinajstić information content (AvgIpc) is 3.61. The maximum atomic E-state index is 13.4. The van der Waals surface area contributed by atoms with Crippen LogP contribution in [-0.2, 0) is 35.3 Å². The fraction of sp³-hybridized carbons (Fsp3) is 0.745. The lowest BCUT2D eigenvalue weighted by Gasteiger charge is -2.58. The normalized spacial score (nSPS) is 28.3. The molecule has 12 nitrogen and oxygen atoms in total. The smallest absolute Gasteiger partial charge is 0.247 e. The zero-order valence-electron chi connectivity index (χ0n) is 39.6. The summed E-state index contributed by atoms with van der Waals surface area (Å²) in [7, 11) is 0. The first-order valence-electron chi connectivity index (χ1n) is 24.4. The van der Waals surface area contributed by atoms with Crippen molar-refractivity contribution >= 4 is 35.2 Å². The number of carbonyl (C=O) groups is 5. The fourth-order valence-corrected chi connectivity index (χ4v) is 12.2. The Hall–Kier alpha value is -3.77. The number of allylic oxidation sites excluding steroid dienone is 1. The van der Waals surface area contributed by atoms with Crippen LogP contribution in [0.25, 0.3) is 0 Å². The van der Waals surface area contributed by atoms with Crippen LogP contribution in [0.3, 0.4) is 0 Å². The van der Waals surface area contributed by atoms with Gasteiger partial charge in [0.2, 0.25) is 29.5 Å². The summed E-state index contributed by atoms with van der Waals surface area (Å²) < 4.78 is 6.41. The van der Waals surface area contributed by atoms with Gasteiger partial charge < -0.3 is 36.8 Å². The van der Waals surface area contributed by atoms with Gasteiger partial charge in [0.15, 0.2) is 0 Å². The number of primary amides is 1. The van der Waals surface area contributed by atoms with E-state index in [1.165, 1.54) is 57.8 Å². The van der Waals surface area contributed by atoms with Crippen LogP contribution in [0.1, 0.15) is 157 Å². The summed E-state index contributed by atoms with van der Waals surface area (Å²) >= 11 is 0. The van der Waals surface area contributed by atoms with E-state index in [0.717, 1.165) is 48.3 Å². The number of hydrogen-bond acceptors (Lipinski definition) is 7. The molecule has 0 spiro atoms. The van der Waals surface area contributed by atoms with E-state index >= 15 is 0 Å². The number of hydrogen-bond donors (Lipinski definition) is 6. The Labute approximate surface area is 377 Å². The zero-order valence-corrected chi connectivity index (χ0v) is 39.6. The number of ether oxygens (including phenoxy) is 1. The van der Waals surface area contributed by atoms with Crippen LogP contribution in [0.2, 0.25) is 0 Å². The van der Waals surface area contributed by atoms with E-state index in [9.17, 15) is 29.1 Å². The second-order valence-corrected chi connectivity index (χ2v) is 20.7. The summed E-state index contributed by atoms with van der Waals surface area (Å²) in [5.74, 6) is 1.83. The van der Waals surface area contributed by atoms with Crippen molar-refractivity contribution in [1.82, 2.24) is 16.0 Å². The van der Waals surface area contributed by atoms with Gasteiger partial charge in [-0.25, -0.2) is 0 Å². The zero-order chi connectivity index (χ0) is 45.9. The van der Waals surface area contributed by atoms with E-state index in [2.05, 4.69) is 62.0 Å². The molecule has 3 fully saturated rings. The largest absolute Gasteiger partial charge is 0.392 e. The van der Waals surface area contributed by atoms with Crippen LogP contribution in [-0.4, -0.2) is 66.0 Å². The van der Waals surface area contributed by atoms with Crippen LogP contribution < -0.4 is 27.0 Å². The maximum absolute atomic E-state index is 13.4. The number of aliphatic hydroxyl groups is 1. The number of benzene rings is 1. The molecular weight excluding hydrogens is 795 g/mol. The molecule has 0 aromatic heterocycles. The minimum Gasteiger partial charge on any atom is -0.392 e. The van der Waals surface area contributed by atoms with E-state index in [1.807, 2.05) is 6.92 Å². The Kier molecular flexibility index (Phi) is 18.3. The molecule has 5 amide bonds. The van der Waals surface area contributed by atoms with Gasteiger partial charge in [0.1, 0.15) is 12.1 Å². The molecule has 0 aliphatic heterocycles. The molecule has 5 rings (SSSR count). The van der Waals surface area contributed by atoms with Crippen molar-refractivity contribution in [3.63, 3.8) is 0 Å². The van der Waals surface area contributed by atoms with Gasteiger partial charge >= 0.3 is 0 Å². The Morgan fingerprint density at radius 2 is 1.60 bits per heavy atom. The van der Waals surface area contributed by atoms with E-state index in [1.54, 1.807) is 36.8 Å². The second kappa shape index (κ2) is 22.9. The van der Waals surface area contributed by atoms with E-state index in [-0.39, 0.29) is 42.8 Å². The summed E-state index contributed by atoms with van der Waals surface area (Å²) in [6.07, 6.45) is 17.6. The predicted molar refractivity (Wildman–Crippen MR) is 248 cm³/mol. The topological polar surface area (TPSA) is 189 Å². The number of anilines is 1. The van der Waals surface area contributed by atoms with Crippen molar-refractivity contribution in [2.75, 3.05) is 18.5 Å². The minimum atomic E-state index is -1.28. The first-order chi connectivity index (χ1) is 30.0. The Morgan fingerprint density at radius 1 is 0.873 bits per heavy atom. The molecule has 4 aliphatic carbocycles. The molecule has 1 aromatic carbocycles. The summed E-state index contributed by atoms with van der Waals surface area (Å²) in [5, 5.41) is 20.2. The predicted octanol–water partition coefficient (Wildman–Crippen LogP) is 7.72. The maximum Gasteiger partial charge on any atom is 0.247 e. The molecule has 0 heterocycles. The quantitative estimate of drug-likeness (QED) is 0.0480. The number of nitrogens with two attached hydrogens (primary N) is 1. The number of aliphatic hydroxyl groups excluding tert-OH is 1. The summed E-state index contributed by atoms with van der Waals surface area (Å²) in [6, 6.07) is 4.17. The van der Waals surface area contributed by atoms with Crippen molar-refractivity contribution in [3.8, 4) is 0 Å². The summed E-state index contributed by atoms with van der Waals surface area (Å²) in [4.78, 5) is 64.1. The van der Waals surface area contributed by atoms with E-state index in [4.69, 9.17) is 10.5 Å². The summed E-state index contributed by atoms with van der Waals surface area (Å²) in [5.41, 5.74) is 8.86. The molecule has 12 heteroatoms. The lowest BCUT2D eigenvalue weighted by Crippen LogP contribution is -2.55.